The van der Waals surface area contributed by atoms with Crippen molar-refractivity contribution in [2.75, 3.05) is 68.7 Å². The Morgan fingerprint density at radius 1 is 0.328 bits per heavy atom. The van der Waals surface area contributed by atoms with Crippen LogP contribution in [0.25, 0.3) is 0 Å². The molecular weight excluding hydrogens is 1770 g/mol. The molecule has 0 aliphatic rings. The summed E-state index contributed by atoms with van der Waals surface area (Å²) in [6.45, 7) is 23.7. The zero-order chi connectivity index (χ0) is 93.7. The molecule has 6 aromatic carbocycles. The van der Waals surface area contributed by atoms with Crippen LogP contribution in [0.2, 0.25) is 30.1 Å². The minimum Gasteiger partial charge on any atom is -0.480 e. The topological polar surface area (TPSA) is 254 Å². The molecule has 0 unspecified atom stereocenters. The molecule has 20 nitrogen and oxygen atoms in total. The summed E-state index contributed by atoms with van der Waals surface area (Å²) in [7, 11) is 8.83. The molecule has 0 saturated heterocycles. The monoisotopic (exact) mass is 1870 g/mol. The number of ketones is 6. The van der Waals surface area contributed by atoms with Crippen molar-refractivity contribution in [3.63, 3.8) is 0 Å². The minimum absolute atomic E-state index is 0.132. The van der Waals surface area contributed by atoms with E-state index in [1.54, 1.807) is 103 Å². The van der Waals surface area contributed by atoms with Crippen molar-refractivity contribution in [2.45, 2.75) is 119 Å². The van der Waals surface area contributed by atoms with Gasteiger partial charge in [0.05, 0.1) is 55.9 Å². The molecule has 6 aromatic heterocycles. The van der Waals surface area contributed by atoms with Gasteiger partial charge in [0.2, 0.25) is 70.0 Å². The van der Waals surface area contributed by atoms with E-state index in [4.69, 9.17) is 108 Å². The highest BCUT2D eigenvalue weighted by Crippen LogP contribution is 2.31. The molecule has 672 valence electrons. The Kier molecular flexibility index (Phi) is 43.2. The van der Waals surface area contributed by atoms with Crippen molar-refractivity contribution in [1.29, 1.82) is 0 Å². The lowest BCUT2D eigenvalue weighted by Crippen LogP contribution is -2.07. The van der Waals surface area contributed by atoms with Gasteiger partial charge >= 0.3 is 0 Å². The molecule has 0 atom stereocenters. The van der Waals surface area contributed by atoms with Crippen molar-refractivity contribution in [3.8, 4) is 35.3 Å². The number of pyridine rings is 6. The molecule has 6 heterocycles. The summed E-state index contributed by atoms with van der Waals surface area (Å²) in [6, 6.07) is 60.6. The van der Waals surface area contributed by atoms with Crippen LogP contribution < -0.4 is 28.4 Å². The predicted octanol–water partition coefficient (Wildman–Crippen LogP) is 24.7. The summed E-state index contributed by atoms with van der Waals surface area (Å²) in [5.74, 6) is 2.26. The molecule has 0 spiro atoms. The first-order valence-corrected chi connectivity index (χ1v) is 44.5. The van der Waals surface area contributed by atoms with Gasteiger partial charge in [-0.25, -0.2) is 29.9 Å². The Bertz CT molecular complexity index is 5590. The number of hydrogen-bond donors (Lipinski definition) is 0. The van der Waals surface area contributed by atoms with Crippen molar-refractivity contribution in [3.05, 3.63) is 343 Å². The first kappa shape index (κ1) is 104. The largest absolute Gasteiger partial charge is 0.480 e. The second-order valence-corrected chi connectivity index (χ2v) is 33.3. The Labute approximate surface area is 784 Å². The molecular formula is C101H106Cl6N6O14S. The van der Waals surface area contributed by atoms with Gasteiger partial charge in [-0.1, -0.05) is 234 Å². The maximum Gasteiger partial charge on any atom is 0.232 e. The van der Waals surface area contributed by atoms with Crippen molar-refractivity contribution in [2.24, 2.45) is 11.8 Å². The van der Waals surface area contributed by atoms with E-state index >= 15 is 0 Å². The lowest BCUT2D eigenvalue weighted by molar-refractivity contribution is 0.102. The number of unbranched alkanes of at least 4 members (excludes halogenated alkanes) is 1. The van der Waals surface area contributed by atoms with Crippen LogP contribution in [0, 0.1) is 32.6 Å². The fourth-order valence-corrected chi connectivity index (χ4v) is 13.4. The summed E-state index contributed by atoms with van der Waals surface area (Å²) in [4.78, 5) is 100. The number of aromatic nitrogens is 6. The molecule has 0 aliphatic heterocycles. The number of hydrogen-bond acceptors (Lipinski definition) is 21. The van der Waals surface area contributed by atoms with Gasteiger partial charge < -0.3 is 37.9 Å². The molecule has 12 rings (SSSR count). The molecule has 128 heavy (non-hydrogen) atoms. The number of halogens is 6. The number of methoxy groups -OCH3 is 6. The standard InChI is InChI=1S/2C19H22ClNO3.C17H18ClNO2.C16H16ClNO2.C15H14ClNO2S.C15H14ClNO2/c1-13(2)12-24-11-10-14-4-6-15(7-5-14)18(22)17-9-8-16(20)19(21-17)23-3;1-13(2)10-11-24-12-14-4-6-15(7-5-14)18(22)17-9-8-16(20)19(21-17)23-3;1-3-4-5-12-6-8-13(9-7-12)16(20)15-11-10-14(18)17(19-15)21-2;1-10(2)11-4-6-12(7-5-11)15(19)14-9-8-13(17)16(18-14)20-3;1-9-8-10(4-7-13(9)20-3)14(18)12-6-5-11(16)15(17-12)19-2;1-9-4-5-11(8-10(9)2)14(18)13-7-6-12(16)15(17-13)19-3/h2*4-9,13H,10-12H2,1-3H3;6-11H,3-5H2,1-2H3;4-10H,1-3H3;4-8H,1-3H3;4-8H,1-3H3. The van der Waals surface area contributed by atoms with Gasteiger partial charge in [-0.2, -0.15) is 0 Å². The number of aryl methyl sites for hydroxylation is 4. The highest BCUT2D eigenvalue weighted by atomic mass is 35.5. The number of benzene rings is 6. The number of carbonyl (C=O) groups is 6. The Morgan fingerprint density at radius 3 is 0.914 bits per heavy atom. The van der Waals surface area contributed by atoms with Crippen LogP contribution in [-0.4, -0.2) is 133 Å². The summed E-state index contributed by atoms with van der Waals surface area (Å²) in [5.41, 5.74) is 13.4. The lowest BCUT2D eigenvalue weighted by Gasteiger charge is -2.08. The van der Waals surface area contributed by atoms with Crippen LogP contribution in [0.5, 0.6) is 35.3 Å². The Morgan fingerprint density at radius 2 is 0.625 bits per heavy atom. The zero-order valence-corrected chi connectivity index (χ0v) is 80.2. The molecule has 27 heteroatoms. The molecule has 12 aromatic rings. The van der Waals surface area contributed by atoms with E-state index in [9.17, 15) is 28.8 Å². The SMILES string of the molecule is CCCCc1ccc(C(=O)c2ccc(Cl)c(OC)n2)cc1.COc1nc(C(=O)c2ccc(C(C)C)cc2)ccc1Cl.COc1nc(C(=O)c2ccc(C)c(C)c2)ccc1Cl.COc1nc(C(=O)c2ccc(CCOCC(C)C)cc2)ccc1Cl.COc1nc(C(=O)c2ccc(COCCC(C)C)cc2)ccc1Cl.COc1nc(C(=O)c2ccc(SC)c(C)c2)ccc1Cl. The maximum atomic E-state index is 12.5. The van der Waals surface area contributed by atoms with E-state index in [1.165, 1.54) is 53.8 Å². The first-order chi connectivity index (χ1) is 61.3. The maximum absolute atomic E-state index is 12.5. The molecule has 0 aliphatic carbocycles. The van der Waals surface area contributed by atoms with E-state index < -0.39 is 0 Å². The van der Waals surface area contributed by atoms with E-state index in [0.717, 1.165) is 78.0 Å². The summed E-state index contributed by atoms with van der Waals surface area (Å²) in [5, 5.41) is 2.31. The number of thioether (sulfide) groups is 1. The van der Waals surface area contributed by atoms with Crippen LogP contribution in [0.15, 0.2) is 211 Å². The minimum atomic E-state index is -0.169. The van der Waals surface area contributed by atoms with Gasteiger partial charge in [0.1, 0.15) is 64.3 Å². The highest BCUT2D eigenvalue weighted by Gasteiger charge is 2.21. The normalized spacial score (nSPS) is 10.6. The van der Waals surface area contributed by atoms with Gasteiger partial charge in [-0.05, 0) is 206 Å². The second kappa shape index (κ2) is 53.1. The van der Waals surface area contributed by atoms with Crippen molar-refractivity contribution < 1.29 is 66.7 Å². The number of ether oxygens (including phenoxy) is 8. The average Bonchev–Trinajstić information content (AvgIpc) is 0.823. The van der Waals surface area contributed by atoms with Crippen molar-refractivity contribution >= 4 is 116 Å². The van der Waals surface area contributed by atoms with Gasteiger partial charge in [0.15, 0.2) is 0 Å². The molecule has 0 radical (unpaired) electrons. The van der Waals surface area contributed by atoms with Gasteiger partial charge in [0, 0.05) is 51.5 Å². The quantitative estimate of drug-likeness (QED) is 0.0210. The zero-order valence-electron chi connectivity index (χ0n) is 74.8. The number of carbonyl (C=O) groups excluding carboxylic acids is 6. The summed E-state index contributed by atoms with van der Waals surface area (Å²) in [6.07, 6.45) is 7.24. The number of nitrogens with zero attached hydrogens (tertiary/aromatic N) is 6. The predicted molar refractivity (Wildman–Crippen MR) is 511 cm³/mol. The third-order valence-corrected chi connectivity index (χ3v) is 21.9. The van der Waals surface area contributed by atoms with E-state index in [0.29, 0.717) is 129 Å². The third kappa shape index (κ3) is 31.8. The first-order valence-electron chi connectivity index (χ1n) is 41.0. The van der Waals surface area contributed by atoms with E-state index in [-0.39, 0.29) is 70.0 Å². The van der Waals surface area contributed by atoms with Crippen LogP contribution in [0.1, 0.15) is 209 Å². The van der Waals surface area contributed by atoms with Crippen LogP contribution in [-0.2, 0) is 28.9 Å². The fraction of sp³-hybridized carbons (Fsp3) is 0.287. The van der Waals surface area contributed by atoms with Crippen molar-refractivity contribution in [1.82, 2.24) is 29.9 Å². The molecule has 0 fully saturated rings. The third-order valence-electron chi connectivity index (χ3n) is 19.3. The molecule has 0 N–H and O–H groups in total. The molecule has 0 saturated carbocycles. The molecule has 0 bridgehead atoms. The fourth-order valence-electron chi connectivity index (χ4n) is 11.8. The summed E-state index contributed by atoms with van der Waals surface area (Å²) < 4.78 is 41.4. The van der Waals surface area contributed by atoms with Crippen LogP contribution >= 0.6 is 81.4 Å². The lowest BCUT2D eigenvalue weighted by atomic mass is 9.99. The van der Waals surface area contributed by atoms with Gasteiger partial charge in [-0.15, -0.1) is 11.8 Å². The number of rotatable bonds is 33. The van der Waals surface area contributed by atoms with Crippen LogP contribution in [0.3, 0.4) is 0 Å². The van der Waals surface area contributed by atoms with Gasteiger partial charge in [0.25, 0.3) is 0 Å². The average molecular weight is 1870 g/mol. The second-order valence-electron chi connectivity index (χ2n) is 30.0. The summed E-state index contributed by atoms with van der Waals surface area (Å²) >= 11 is 37.2. The highest BCUT2D eigenvalue weighted by molar-refractivity contribution is 7.98. The Hall–Kier alpha value is -11.0. The van der Waals surface area contributed by atoms with Crippen LogP contribution in [0.4, 0.5) is 0 Å². The van der Waals surface area contributed by atoms with E-state index in [2.05, 4.69) is 78.4 Å². The molecule has 0 amide bonds. The van der Waals surface area contributed by atoms with E-state index in [1.807, 2.05) is 142 Å². The Balaban J connectivity index is 0.000000211. The smallest absolute Gasteiger partial charge is 0.232 e. The van der Waals surface area contributed by atoms with Gasteiger partial charge in [-0.3, -0.25) is 28.8 Å².